The predicted octanol–water partition coefficient (Wildman–Crippen LogP) is 4.32. The van der Waals surface area contributed by atoms with E-state index in [9.17, 15) is 22.0 Å². The third-order valence-electron chi connectivity index (χ3n) is 3.84. The van der Waals surface area contributed by atoms with E-state index in [1.165, 1.54) is 6.07 Å². The fourth-order valence-electron chi connectivity index (χ4n) is 2.56. The van der Waals surface area contributed by atoms with Crippen molar-refractivity contribution in [2.75, 3.05) is 5.32 Å². The van der Waals surface area contributed by atoms with Crippen molar-refractivity contribution in [1.29, 1.82) is 0 Å². The number of alkyl halides is 5. The van der Waals surface area contributed by atoms with Crippen LogP contribution in [0.1, 0.15) is 31.4 Å². The summed E-state index contributed by atoms with van der Waals surface area (Å²) in [6, 6.07) is 1.95. The summed E-state index contributed by atoms with van der Waals surface area (Å²) in [5.74, 6) is -2.56. The topological polar surface area (TPSA) is 55.6 Å². The van der Waals surface area contributed by atoms with Gasteiger partial charge in [-0.15, -0.1) is 0 Å². The highest BCUT2D eigenvalue weighted by molar-refractivity contribution is 6.29. The van der Waals surface area contributed by atoms with Crippen LogP contribution < -0.4 is 5.32 Å². The van der Waals surface area contributed by atoms with Crippen molar-refractivity contribution in [2.24, 2.45) is 0 Å². The molecule has 0 bridgehead atoms. The Hall–Kier alpha value is -1.97. The normalized spacial score (nSPS) is 18.3. The number of nitrogens with zero attached hydrogens (tertiary/aromatic N) is 4. The van der Waals surface area contributed by atoms with E-state index < -0.39 is 17.8 Å². The fourth-order valence-corrected chi connectivity index (χ4v) is 2.74. The van der Waals surface area contributed by atoms with Crippen molar-refractivity contribution in [3.8, 4) is 5.95 Å². The van der Waals surface area contributed by atoms with Gasteiger partial charge in [0.05, 0.1) is 0 Å². The molecular formula is C14H13ClF5N5. The van der Waals surface area contributed by atoms with Crippen molar-refractivity contribution in [2.45, 2.75) is 43.8 Å². The van der Waals surface area contributed by atoms with Gasteiger partial charge < -0.3 is 5.32 Å². The second-order valence-electron chi connectivity index (χ2n) is 5.79. The highest BCUT2D eigenvalue weighted by atomic mass is 35.5. The summed E-state index contributed by atoms with van der Waals surface area (Å²) in [4.78, 5) is 7.91. The van der Waals surface area contributed by atoms with Gasteiger partial charge in [-0.05, 0) is 18.9 Å². The molecule has 0 spiro atoms. The number of halogens is 6. The molecular weight excluding hydrogens is 369 g/mol. The van der Waals surface area contributed by atoms with Crippen molar-refractivity contribution in [3.05, 3.63) is 29.2 Å². The van der Waals surface area contributed by atoms with Gasteiger partial charge in [-0.1, -0.05) is 11.6 Å². The molecule has 5 nitrogen and oxygen atoms in total. The quantitative estimate of drug-likeness (QED) is 0.635. The molecule has 3 rings (SSSR count). The minimum Gasteiger partial charge on any atom is -0.367 e. The van der Waals surface area contributed by atoms with Crippen LogP contribution in [-0.4, -0.2) is 31.7 Å². The summed E-state index contributed by atoms with van der Waals surface area (Å²) < 4.78 is 65.1. The Bertz CT molecular complexity index is 750. The van der Waals surface area contributed by atoms with Crippen LogP contribution in [-0.2, 0) is 6.18 Å². The van der Waals surface area contributed by atoms with Crippen molar-refractivity contribution < 1.29 is 22.0 Å². The molecule has 1 aliphatic rings. The van der Waals surface area contributed by atoms with Crippen molar-refractivity contribution in [1.82, 2.24) is 19.7 Å². The summed E-state index contributed by atoms with van der Waals surface area (Å²) in [7, 11) is 0. The SMILES string of the molecule is FC1(F)CCC(Nc2cc(Cl)nc(-n3ccc(C(F)(F)F)n3)n2)CC1. The number of hydrogen-bond acceptors (Lipinski definition) is 4. The predicted molar refractivity (Wildman–Crippen MR) is 80.0 cm³/mol. The summed E-state index contributed by atoms with van der Waals surface area (Å²) >= 11 is 5.89. The van der Waals surface area contributed by atoms with E-state index in [2.05, 4.69) is 20.4 Å². The van der Waals surface area contributed by atoms with E-state index >= 15 is 0 Å². The van der Waals surface area contributed by atoms with Gasteiger partial charge in [0, 0.05) is 31.1 Å². The zero-order valence-electron chi connectivity index (χ0n) is 12.7. The van der Waals surface area contributed by atoms with Crippen LogP contribution in [0.15, 0.2) is 18.3 Å². The Labute approximate surface area is 144 Å². The molecule has 11 heteroatoms. The number of anilines is 1. The molecule has 0 unspecified atom stereocenters. The lowest BCUT2D eigenvalue weighted by Gasteiger charge is -2.29. The molecule has 0 atom stereocenters. The zero-order chi connectivity index (χ0) is 18.2. The third kappa shape index (κ3) is 4.36. The highest BCUT2D eigenvalue weighted by Crippen LogP contribution is 2.34. The van der Waals surface area contributed by atoms with Crippen molar-refractivity contribution >= 4 is 17.4 Å². The number of aromatic nitrogens is 4. The smallest absolute Gasteiger partial charge is 0.367 e. The molecule has 1 aliphatic carbocycles. The van der Waals surface area contributed by atoms with Crippen LogP contribution in [0.4, 0.5) is 27.8 Å². The van der Waals surface area contributed by atoms with Crippen LogP contribution in [0.5, 0.6) is 0 Å². The Balaban J connectivity index is 1.78. The summed E-state index contributed by atoms with van der Waals surface area (Å²) in [5.41, 5.74) is -1.08. The van der Waals surface area contributed by atoms with Gasteiger partial charge in [-0.25, -0.2) is 13.5 Å². The minimum absolute atomic E-state index is 0.00213. The Morgan fingerprint density at radius 2 is 1.88 bits per heavy atom. The number of nitrogens with one attached hydrogen (secondary N) is 1. The molecule has 25 heavy (non-hydrogen) atoms. The standard InChI is InChI=1S/C14H13ClF5N5/c15-10-7-11(21-8-1-4-13(16,17)5-2-8)23-12(22-10)25-6-3-9(24-25)14(18,19)20/h3,6-8H,1-2,4-5H2,(H,21,22,23). The summed E-state index contributed by atoms with van der Waals surface area (Å²) in [6.45, 7) is 0. The number of hydrogen-bond donors (Lipinski definition) is 1. The largest absolute Gasteiger partial charge is 0.435 e. The van der Waals surface area contributed by atoms with Crippen LogP contribution in [0.3, 0.4) is 0 Å². The minimum atomic E-state index is -4.59. The van der Waals surface area contributed by atoms with E-state index in [4.69, 9.17) is 11.6 Å². The molecule has 1 saturated carbocycles. The van der Waals surface area contributed by atoms with Gasteiger partial charge in [0.1, 0.15) is 11.0 Å². The third-order valence-corrected chi connectivity index (χ3v) is 4.03. The molecule has 0 radical (unpaired) electrons. The molecule has 0 aromatic carbocycles. The van der Waals surface area contributed by atoms with Gasteiger partial charge in [0.25, 0.3) is 5.95 Å². The molecule has 0 saturated heterocycles. The molecule has 1 fully saturated rings. The maximum atomic E-state index is 13.2. The molecule has 2 aromatic rings. The van der Waals surface area contributed by atoms with Gasteiger partial charge in [-0.2, -0.15) is 28.2 Å². The first-order valence-electron chi connectivity index (χ1n) is 7.45. The van der Waals surface area contributed by atoms with E-state index in [1.807, 2.05) is 0 Å². The van der Waals surface area contributed by atoms with E-state index in [0.717, 1.165) is 16.9 Å². The maximum absolute atomic E-state index is 13.2. The lowest BCUT2D eigenvalue weighted by atomic mass is 9.92. The molecule has 1 N–H and O–H groups in total. The van der Waals surface area contributed by atoms with Crippen LogP contribution in [0, 0.1) is 0 Å². The lowest BCUT2D eigenvalue weighted by Crippen LogP contribution is -2.32. The second kappa shape index (κ2) is 6.40. The monoisotopic (exact) mass is 381 g/mol. The average Bonchev–Trinajstić information content (AvgIpc) is 2.99. The first-order valence-corrected chi connectivity index (χ1v) is 7.82. The van der Waals surface area contributed by atoms with E-state index in [0.29, 0.717) is 0 Å². The lowest BCUT2D eigenvalue weighted by molar-refractivity contribution is -0.141. The fraction of sp³-hybridized carbons (Fsp3) is 0.500. The molecule has 0 aliphatic heterocycles. The number of rotatable bonds is 3. The van der Waals surface area contributed by atoms with Crippen LogP contribution >= 0.6 is 11.6 Å². The van der Waals surface area contributed by atoms with Gasteiger partial charge in [0.2, 0.25) is 5.92 Å². The summed E-state index contributed by atoms with van der Waals surface area (Å²) in [5, 5.41) is 6.35. The van der Waals surface area contributed by atoms with Crippen LogP contribution in [0.25, 0.3) is 5.95 Å². The molecule has 2 aromatic heterocycles. The first-order chi connectivity index (χ1) is 11.6. The zero-order valence-corrected chi connectivity index (χ0v) is 13.5. The van der Waals surface area contributed by atoms with Gasteiger partial charge in [-0.3, -0.25) is 0 Å². The Morgan fingerprint density at radius 3 is 2.48 bits per heavy atom. The van der Waals surface area contributed by atoms with Crippen LogP contribution in [0.2, 0.25) is 5.15 Å². The Kier molecular flexibility index (Phi) is 4.56. The first kappa shape index (κ1) is 17.8. The van der Waals surface area contributed by atoms with Gasteiger partial charge in [0.15, 0.2) is 5.69 Å². The summed E-state index contributed by atoms with van der Waals surface area (Å²) in [6.07, 6.45) is -3.47. The average molecular weight is 382 g/mol. The Morgan fingerprint density at radius 1 is 1.20 bits per heavy atom. The van der Waals surface area contributed by atoms with E-state index in [-0.39, 0.29) is 48.6 Å². The molecule has 136 valence electrons. The van der Waals surface area contributed by atoms with Gasteiger partial charge >= 0.3 is 6.18 Å². The highest BCUT2D eigenvalue weighted by Gasteiger charge is 2.35. The molecule has 0 amide bonds. The maximum Gasteiger partial charge on any atom is 0.435 e. The molecule has 2 heterocycles. The second-order valence-corrected chi connectivity index (χ2v) is 6.18. The van der Waals surface area contributed by atoms with E-state index in [1.54, 1.807) is 0 Å². The van der Waals surface area contributed by atoms with Crippen molar-refractivity contribution in [3.63, 3.8) is 0 Å².